The zero-order valence-electron chi connectivity index (χ0n) is 16.1. The molecule has 7 nitrogen and oxygen atoms in total. The largest absolute Gasteiger partial charge is 0.497 e. The molecule has 144 valence electrons. The van der Waals surface area contributed by atoms with Crippen LogP contribution in [0.15, 0.2) is 48.7 Å². The fraction of sp³-hybridized carbons (Fsp3) is 0.333. The smallest absolute Gasteiger partial charge is 0.273 e. The minimum Gasteiger partial charge on any atom is -0.497 e. The van der Waals surface area contributed by atoms with E-state index in [2.05, 4.69) is 38.8 Å². The quantitative estimate of drug-likeness (QED) is 0.683. The Kier molecular flexibility index (Phi) is 5.06. The fourth-order valence-corrected chi connectivity index (χ4v) is 3.66. The molecule has 4 rings (SSSR count). The molecule has 0 saturated heterocycles. The fourth-order valence-electron chi connectivity index (χ4n) is 3.66. The van der Waals surface area contributed by atoms with Gasteiger partial charge >= 0.3 is 0 Å². The van der Waals surface area contributed by atoms with Crippen LogP contribution in [0.1, 0.15) is 40.7 Å². The van der Waals surface area contributed by atoms with Crippen molar-refractivity contribution in [2.75, 3.05) is 13.7 Å². The van der Waals surface area contributed by atoms with Gasteiger partial charge in [-0.3, -0.25) is 9.78 Å². The second-order valence-corrected chi connectivity index (χ2v) is 7.00. The second-order valence-electron chi connectivity index (χ2n) is 7.00. The van der Waals surface area contributed by atoms with E-state index in [0.29, 0.717) is 24.5 Å². The molecule has 1 atom stereocenters. The molecular formula is C21H23N5O2. The molecule has 1 aliphatic rings. The van der Waals surface area contributed by atoms with Crippen LogP contribution in [0.3, 0.4) is 0 Å². The summed E-state index contributed by atoms with van der Waals surface area (Å²) < 4.78 is 7.37. The van der Waals surface area contributed by atoms with Crippen LogP contribution in [0, 0.1) is 0 Å². The van der Waals surface area contributed by atoms with Crippen molar-refractivity contribution >= 4 is 5.91 Å². The van der Waals surface area contributed by atoms with E-state index in [1.807, 2.05) is 18.2 Å². The molecule has 0 bridgehead atoms. The lowest BCUT2D eigenvalue weighted by atomic mass is 10.1. The summed E-state index contributed by atoms with van der Waals surface area (Å²) >= 11 is 0. The third kappa shape index (κ3) is 3.60. The number of carbonyl (C=O) groups excluding carboxylic acids is 1. The first-order valence-electron chi connectivity index (χ1n) is 9.41. The number of aryl methyl sites for hydroxylation is 2. The van der Waals surface area contributed by atoms with Gasteiger partial charge in [-0.05, 0) is 25.0 Å². The van der Waals surface area contributed by atoms with E-state index in [0.717, 1.165) is 24.5 Å². The summed E-state index contributed by atoms with van der Waals surface area (Å²) in [4.78, 5) is 18.9. The number of fused-ring (bicyclic) bond motifs is 1. The maximum absolute atomic E-state index is 12.9. The van der Waals surface area contributed by atoms with Gasteiger partial charge in [-0.15, -0.1) is 10.2 Å². The third-order valence-electron chi connectivity index (χ3n) is 5.05. The van der Waals surface area contributed by atoms with Gasteiger partial charge in [0.25, 0.3) is 5.91 Å². The standard InChI is InChI=1S/C21H23N5O2/c1-15-13-25(21(27)18-12-17(28-2)10-11-22-18)14-20-24-23-19(26(15)20)9-8-16-6-4-3-5-7-16/h3-7,10-12,15H,8-9,13-14H2,1-2H3/t15-/m0/s1. The Hall–Kier alpha value is -3.22. The number of hydrogen-bond acceptors (Lipinski definition) is 5. The summed E-state index contributed by atoms with van der Waals surface area (Å²) in [7, 11) is 1.58. The van der Waals surface area contributed by atoms with E-state index in [1.54, 1.807) is 30.3 Å². The minimum atomic E-state index is -0.120. The molecule has 1 aromatic carbocycles. The minimum absolute atomic E-state index is 0.110. The van der Waals surface area contributed by atoms with E-state index in [4.69, 9.17) is 4.74 Å². The molecule has 3 aromatic rings. The third-order valence-corrected chi connectivity index (χ3v) is 5.05. The van der Waals surface area contributed by atoms with Crippen LogP contribution in [0.5, 0.6) is 5.75 Å². The highest BCUT2D eigenvalue weighted by Crippen LogP contribution is 2.24. The van der Waals surface area contributed by atoms with Crippen LogP contribution in [-0.2, 0) is 19.4 Å². The first kappa shape index (κ1) is 18.2. The van der Waals surface area contributed by atoms with Crippen LogP contribution in [0.4, 0.5) is 0 Å². The van der Waals surface area contributed by atoms with Crippen molar-refractivity contribution in [1.29, 1.82) is 0 Å². The van der Waals surface area contributed by atoms with Crippen LogP contribution < -0.4 is 4.74 Å². The predicted octanol–water partition coefficient (Wildman–Crippen LogP) is 2.68. The SMILES string of the molecule is COc1ccnc(C(=O)N2Cc3nnc(CCc4ccccc4)n3[C@@H](C)C2)c1. The number of pyridine rings is 1. The maximum atomic E-state index is 12.9. The van der Waals surface area contributed by atoms with Crippen molar-refractivity contribution in [3.63, 3.8) is 0 Å². The molecule has 2 aromatic heterocycles. The van der Waals surface area contributed by atoms with Gasteiger partial charge in [0.15, 0.2) is 5.82 Å². The number of ether oxygens (including phenoxy) is 1. The molecule has 1 amide bonds. The molecular weight excluding hydrogens is 354 g/mol. The summed E-state index contributed by atoms with van der Waals surface area (Å²) in [5.74, 6) is 2.29. The van der Waals surface area contributed by atoms with Crippen molar-refractivity contribution in [3.05, 3.63) is 71.6 Å². The highest BCUT2D eigenvalue weighted by atomic mass is 16.5. The molecule has 3 heterocycles. The van der Waals surface area contributed by atoms with Crippen LogP contribution in [0.25, 0.3) is 0 Å². The van der Waals surface area contributed by atoms with Crippen LogP contribution >= 0.6 is 0 Å². The Balaban J connectivity index is 1.50. The summed E-state index contributed by atoms with van der Waals surface area (Å²) in [5, 5.41) is 8.75. The predicted molar refractivity (Wildman–Crippen MR) is 104 cm³/mol. The van der Waals surface area contributed by atoms with Crippen molar-refractivity contribution < 1.29 is 9.53 Å². The van der Waals surface area contributed by atoms with Crippen molar-refractivity contribution in [2.45, 2.75) is 32.4 Å². The molecule has 1 aliphatic heterocycles. The van der Waals surface area contributed by atoms with Gasteiger partial charge in [-0.1, -0.05) is 30.3 Å². The second kappa shape index (κ2) is 7.80. The number of amides is 1. The highest BCUT2D eigenvalue weighted by molar-refractivity contribution is 5.92. The molecule has 0 unspecified atom stereocenters. The number of carbonyl (C=O) groups is 1. The van der Waals surface area contributed by atoms with E-state index in [9.17, 15) is 4.79 Å². The van der Waals surface area contributed by atoms with Gasteiger partial charge in [0, 0.05) is 25.2 Å². The lowest BCUT2D eigenvalue weighted by molar-refractivity contribution is 0.0673. The van der Waals surface area contributed by atoms with E-state index >= 15 is 0 Å². The summed E-state index contributed by atoms with van der Waals surface area (Å²) in [6, 6.07) is 13.9. The normalized spacial score (nSPS) is 15.9. The Bertz CT molecular complexity index is 970. The molecule has 0 spiro atoms. The monoisotopic (exact) mass is 377 g/mol. The van der Waals surface area contributed by atoms with E-state index in [1.165, 1.54) is 5.56 Å². The maximum Gasteiger partial charge on any atom is 0.273 e. The molecule has 0 radical (unpaired) electrons. The van der Waals surface area contributed by atoms with Crippen LogP contribution in [-0.4, -0.2) is 44.2 Å². The van der Waals surface area contributed by atoms with Gasteiger partial charge < -0.3 is 14.2 Å². The Labute approximate surface area is 164 Å². The van der Waals surface area contributed by atoms with E-state index in [-0.39, 0.29) is 11.9 Å². The average molecular weight is 377 g/mol. The number of hydrogen-bond donors (Lipinski definition) is 0. The van der Waals surface area contributed by atoms with Crippen molar-refractivity contribution in [1.82, 2.24) is 24.6 Å². The highest BCUT2D eigenvalue weighted by Gasteiger charge is 2.30. The van der Waals surface area contributed by atoms with Crippen molar-refractivity contribution in [3.8, 4) is 5.75 Å². The van der Waals surface area contributed by atoms with Gasteiger partial charge in [0.05, 0.1) is 19.7 Å². The van der Waals surface area contributed by atoms with Gasteiger partial charge in [-0.25, -0.2) is 0 Å². The molecule has 0 aliphatic carbocycles. The van der Waals surface area contributed by atoms with Crippen molar-refractivity contribution in [2.24, 2.45) is 0 Å². The topological polar surface area (TPSA) is 73.1 Å². The number of nitrogens with zero attached hydrogens (tertiary/aromatic N) is 5. The Morgan fingerprint density at radius 3 is 2.79 bits per heavy atom. The van der Waals surface area contributed by atoms with Gasteiger partial charge in [0.2, 0.25) is 0 Å². The number of rotatable bonds is 5. The van der Waals surface area contributed by atoms with Gasteiger partial charge in [-0.2, -0.15) is 0 Å². The number of methoxy groups -OCH3 is 1. The summed E-state index contributed by atoms with van der Waals surface area (Å²) in [6.45, 7) is 3.12. The molecule has 0 fully saturated rings. The first-order chi connectivity index (χ1) is 13.7. The lowest BCUT2D eigenvalue weighted by Crippen LogP contribution is -2.41. The zero-order valence-corrected chi connectivity index (χ0v) is 16.1. The Morgan fingerprint density at radius 2 is 2.00 bits per heavy atom. The first-order valence-corrected chi connectivity index (χ1v) is 9.41. The van der Waals surface area contributed by atoms with Gasteiger partial charge in [0.1, 0.15) is 17.3 Å². The molecule has 0 N–H and O–H groups in total. The van der Waals surface area contributed by atoms with Crippen LogP contribution in [0.2, 0.25) is 0 Å². The number of benzene rings is 1. The Morgan fingerprint density at radius 1 is 1.18 bits per heavy atom. The van der Waals surface area contributed by atoms with E-state index < -0.39 is 0 Å². The zero-order chi connectivity index (χ0) is 19.5. The summed E-state index contributed by atoms with van der Waals surface area (Å²) in [5.41, 5.74) is 1.66. The number of aromatic nitrogens is 4. The molecule has 28 heavy (non-hydrogen) atoms. The molecule has 7 heteroatoms. The summed E-state index contributed by atoms with van der Waals surface area (Å²) in [6.07, 6.45) is 3.33. The molecule has 0 saturated carbocycles. The lowest BCUT2D eigenvalue weighted by Gasteiger charge is -2.32. The average Bonchev–Trinajstić information content (AvgIpc) is 3.16.